The summed E-state index contributed by atoms with van der Waals surface area (Å²) in [6.45, 7) is 4.39. The number of rotatable bonds is 13. The third-order valence-corrected chi connectivity index (χ3v) is 3.80. The Labute approximate surface area is 123 Å². The number of hydrogen-bond donors (Lipinski definition) is 2. The fraction of sp³-hybridized carbons (Fsp3) is 0.867. The van der Waals surface area contributed by atoms with Crippen LogP contribution in [0.4, 0.5) is 0 Å². The molecule has 0 rings (SSSR count). The molecule has 5 heteroatoms. The van der Waals surface area contributed by atoms with Crippen molar-refractivity contribution in [1.29, 1.82) is 0 Å². The van der Waals surface area contributed by atoms with Gasteiger partial charge in [0.25, 0.3) is 0 Å². The molecule has 0 aliphatic heterocycles. The molecular weight excluding hydrogens is 275 g/mol. The number of unbranched alkanes of at least 4 members (excludes halogenated alkanes) is 6. The van der Waals surface area contributed by atoms with E-state index >= 15 is 0 Å². The zero-order chi connectivity index (χ0) is 15.3. The summed E-state index contributed by atoms with van der Waals surface area (Å²) in [7, 11) is -4.34. The summed E-state index contributed by atoms with van der Waals surface area (Å²) in [5.41, 5.74) is 1.28. The molecule has 0 aliphatic rings. The predicted octanol–water partition coefficient (Wildman–Crippen LogP) is 4.96. The lowest BCUT2D eigenvalue weighted by Gasteiger charge is -2.09. The second-order valence-electron chi connectivity index (χ2n) is 5.27. The fourth-order valence-corrected chi connectivity index (χ4v) is 2.41. The maximum atomic E-state index is 10.7. The third-order valence-electron chi connectivity index (χ3n) is 3.32. The molecule has 20 heavy (non-hydrogen) atoms. The van der Waals surface area contributed by atoms with Gasteiger partial charge in [0, 0.05) is 0 Å². The molecule has 0 atom stereocenters. The van der Waals surface area contributed by atoms with Gasteiger partial charge in [-0.15, -0.1) is 0 Å². The Balaban J connectivity index is 4.08. The van der Waals surface area contributed by atoms with Gasteiger partial charge in [0.15, 0.2) is 0 Å². The minimum atomic E-state index is -4.34. The highest BCUT2D eigenvalue weighted by Gasteiger charge is 2.12. The van der Waals surface area contributed by atoms with Crippen molar-refractivity contribution >= 4 is 7.82 Å². The summed E-state index contributed by atoms with van der Waals surface area (Å²) in [5.74, 6) is 0. The second kappa shape index (κ2) is 12.6. The zero-order valence-corrected chi connectivity index (χ0v) is 13.9. The van der Waals surface area contributed by atoms with Crippen LogP contribution in [0.1, 0.15) is 78.1 Å². The average Bonchev–Trinajstić information content (AvgIpc) is 2.37. The van der Waals surface area contributed by atoms with Gasteiger partial charge in [-0.05, 0) is 25.7 Å². The van der Waals surface area contributed by atoms with Crippen molar-refractivity contribution in [2.45, 2.75) is 78.1 Å². The molecule has 0 unspecified atom stereocenters. The monoisotopic (exact) mass is 306 g/mol. The molecule has 0 aromatic heterocycles. The first kappa shape index (κ1) is 19.9. The maximum Gasteiger partial charge on any atom is 0.469 e. The molecule has 0 amide bonds. The highest BCUT2D eigenvalue weighted by atomic mass is 31.2. The SMILES string of the molecule is CCCCCCC(=CCOP(=O)(O)O)CCCCCC. The minimum Gasteiger partial charge on any atom is -0.303 e. The van der Waals surface area contributed by atoms with E-state index in [-0.39, 0.29) is 6.61 Å². The number of phosphoric ester groups is 1. The van der Waals surface area contributed by atoms with Crippen molar-refractivity contribution in [3.8, 4) is 0 Å². The highest BCUT2D eigenvalue weighted by molar-refractivity contribution is 7.46. The lowest BCUT2D eigenvalue weighted by atomic mass is 10.0. The van der Waals surface area contributed by atoms with Crippen LogP contribution in [-0.2, 0) is 9.09 Å². The first-order valence-electron chi connectivity index (χ1n) is 7.87. The molecule has 0 spiro atoms. The van der Waals surface area contributed by atoms with Crippen molar-refractivity contribution in [2.24, 2.45) is 0 Å². The first-order chi connectivity index (χ1) is 9.49. The maximum absolute atomic E-state index is 10.7. The molecule has 0 radical (unpaired) electrons. The van der Waals surface area contributed by atoms with Gasteiger partial charge in [0.1, 0.15) is 0 Å². The summed E-state index contributed by atoms with van der Waals surface area (Å²) in [6, 6.07) is 0. The summed E-state index contributed by atoms with van der Waals surface area (Å²) in [4.78, 5) is 17.4. The van der Waals surface area contributed by atoms with Crippen LogP contribution in [0, 0.1) is 0 Å². The Morgan fingerprint density at radius 2 is 1.45 bits per heavy atom. The van der Waals surface area contributed by atoms with Crippen molar-refractivity contribution < 1.29 is 18.9 Å². The van der Waals surface area contributed by atoms with E-state index in [1.807, 2.05) is 6.08 Å². The Morgan fingerprint density at radius 1 is 0.950 bits per heavy atom. The Bertz CT molecular complexity index is 282. The van der Waals surface area contributed by atoms with Gasteiger partial charge in [-0.1, -0.05) is 64.0 Å². The molecule has 0 aromatic carbocycles. The smallest absolute Gasteiger partial charge is 0.303 e. The second-order valence-corrected chi connectivity index (χ2v) is 6.51. The van der Waals surface area contributed by atoms with Gasteiger partial charge < -0.3 is 9.79 Å². The Hall–Kier alpha value is -0.150. The molecule has 0 bridgehead atoms. The molecule has 0 heterocycles. The predicted molar refractivity (Wildman–Crippen MR) is 83.6 cm³/mol. The van der Waals surface area contributed by atoms with Gasteiger partial charge in [0.2, 0.25) is 0 Å². The number of phosphoric acid groups is 1. The van der Waals surface area contributed by atoms with Gasteiger partial charge in [0.05, 0.1) is 6.61 Å². The van der Waals surface area contributed by atoms with E-state index in [2.05, 4.69) is 18.4 Å². The van der Waals surface area contributed by atoms with Crippen LogP contribution in [-0.4, -0.2) is 16.4 Å². The van der Waals surface area contributed by atoms with E-state index in [0.717, 1.165) is 25.7 Å². The molecule has 0 fully saturated rings. The van der Waals surface area contributed by atoms with E-state index in [1.165, 1.54) is 44.1 Å². The molecule has 0 saturated carbocycles. The van der Waals surface area contributed by atoms with Crippen LogP contribution < -0.4 is 0 Å². The van der Waals surface area contributed by atoms with E-state index in [1.54, 1.807) is 0 Å². The molecule has 0 aliphatic carbocycles. The summed E-state index contributed by atoms with van der Waals surface area (Å²) in [6.07, 6.45) is 13.6. The van der Waals surface area contributed by atoms with Gasteiger partial charge in [-0.25, -0.2) is 4.57 Å². The Morgan fingerprint density at radius 3 is 1.85 bits per heavy atom. The lowest BCUT2D eigenvalue weighted by molar-refractivity contribution is 0.215. The van der Waals surface area contributed by atoms with Crippen LogP contribution in [0.2, 0.25) is 0 Å². The van der Waals surface area contributed by atoms with Crippen LogP contribution >= 0.6 is 7.82 Å². The standard InChI is InChI=1S/C15H31O4P/c1-3-5-7-9-11-15(12-10-8-6-4-2)13-14-19-20(16,17)18/h13H,3-12,14H2,1-2H3,(H2,16,17,18). The quantitative estimate of drug-likeness (QED) is 0.286. The highest BCUT2D eigenvalue weighted by Crippen LogP contribution is 2.35. The normalized spacial score (nSPS) is 11.6. The average molecular weight is 306 g/mol. The van der Waals surface area contributed by atoms with E-state index < -0.39 is 7.82 Å². The largest absolute Gasteiger partial charge is 0.469 e. The summed E-state index contributed by atoms with van der Waals surface area (Å²) < 4.78 is 15.2. The number of hydrogen-bond acceptors (Lipinski definition) is 2. The molecule has 120 valence electrons. The third kappa shape index (κ3) is 14.3. The topological polar surface area (TPSA) is 66.8 Å². The summed E-state index contributed by atoms with van der Waals surface area (Å²) >= 11 is 0. The van der Waals surface area contributed by atoms with E-state index in [4.69, 9.17) is 9.79 Å². The van der Waals surface area contributed by atoms with Crippen molar-refractivity contribution in [1.82, 2.24) is 0 Å². The number of allylic oxidation sites excluding steroid dienone is 1. The van der Waals surface area contributed by atoms with Crippen LogP contribution in [0.25, 0.3) is 0 Å². The van der Waals surface area contributed by atoms with Gasteiger partial charge in [-0.3, -0.25) is 4.52 Å². The molecule has 0 saturated heterocycles. The molecule has 0 aromatic rings. The molecule has 2 N–H and O–H groups in total. The fourth-order valence-electron chi connectivity index (χ4n) is 2.14. The Kier molecular flexibility index (Phi) is 12.5. The van der Waals surface area contributed by atoms with Gasteiger partial charge in [-0.2, -0.15) is 0 Å². The minimum absolute atomic E-state index is 0.0150. The van der Waals surface area contributed by atoms with E-state index in [9.17, 15) is 4.57 Å². The molecule has 4 nitrogen and oxygen atoms in total. The lowest BCUT2D eigenvalue weighted by Crippen LogP contribution is -1.93. The summed E-state index contributed by atoms with van der Waals surface area (Å²) in [5, 5.41) is 0. The van der Waals surface area contributed by atoms with Crippen LogP contribution in [0.5, 0.6) is 0 Å². The van der Waals surface area contributed by atoms with Crippen molar-refractivity contribution in [3.05, 3.63) is 11.6 Å². The zero-order valence-electron chi connectivity index (χ0n) is 13.0. The van der Waals surface area contributed by atoms with Crippen molar-refractivity contribution in [3.63, 3.8) is 0 Å². The van der Waals surface area contributed by atoms with E-state index in [0.29, 0.717) is 0 Å². The van der Waals surface area contributed by atoms with Crippen LogP contribution in [0.3, 0.4) is 0 Å². The first-order valence-corrected chi connectivity index (χ1v) is 9.40. The van der Waals surface area contributed by atoms with Crippen LogP contribution in [0.15, 0.2) is 11.6 Å². The van der Waals surface area contributed by atoms with Gasteiger partial charge >= 0.3 is 7.82 Å². The van der Waals surface area contributed by atoms with Crippen molar-refractivity contribution in [2.75, 3.05) is 6.61 Å². The molecular formula is C15H31O4P.